The maximum atomic E-state index is 13.6. The van der Waals surface area contributed by atoms with Crippen molar-refractivity contribution in [3.63, 3.8) is 0 Å². The molecule has 2 aromatic carbocycles. The van der Waals surface area contributed by atoms with Crippen LogP contribution in [-0.2, 0) is 6.42 Å². The average molecular weight is 267 g/mol. The SMILES string of the molecule is N#Cc1c(F)cccc1Nc1ccc2c(c1)CCCN2. The molecule has 3 nitrogen and oxygen atoms in total. The summed E-state index contributed by atoms with van der Waals surface area (Å²) in [7, 11) is 0. The van der Waals surface area contributed by atoms with Gasteiger partial charge in [-0.3, -0.25) is 0 Å². The number of nitriles is 1. The van der Waals surface area contributed by atoms with Crippen molar-refractivity contribution in [3.05, 3.63) is 53.3 Å². The molecule has 0 aliphatic carbocycles. The molecule has 100 valence electrons. The molecule has 0 bridgehead atoms. The van der Waals surface area contributed by atoms with Crippen LogP contribution in [0.1, 0.15) is 17.5 Å². The fourth-order valence-corrected chi connectivity index (χ4v) is 2.45. The van der Waals surface area contributed by atoms with Gasteiger partial charge in [0.2, 0.25) is 0 Å². The van der Waals surface area contributed by atoms with Gasteiger partial charge in [-0.15, -0.1) is 0 Å². The molecule has 3 rings (SSSR count). The largest absolute Gasteiger partial charge is 0.385 e. The lowest BCUT2D eigenvalue weighted by molar-refractivity contribution is 0.624. The van der Waals surface area contributed by atoms with Crippen molar-refractivity contribution in [1.29, 1.82) is 5.26 Å². The second-order valence-corrected chi connectivity index (χ2v) is 4.80. The number of anilines is 3. The molecule has 0 saturated carbocycles. The van der Waals surface area contributed by atoms with Crippen LogP contribution in [0.15, 0.2) is 36.4 Å². The van der Waals surface area contributed by atoms with E-state index in [1.165, 1.54) is 11.6 Å². The van der Waals surface area contributed by atoms with Crippen LogP contribution in [0.4, 0.5) is 21.5 Å². The van der Waals surface area contributed by atoms with Gasteiger partial charge in [0.05, 0.1) is 5.69 Å². The highest BCUT2D eigenvalue weighted by Crippen LogP contribution is 2.28. The number of nitrogens with zero attached hydrogens (tertiary/aromatic N) is 1. The molecule has 20 heavy (non-hydrogen) atoms. The molecule has 1 heterocycles. The minimum absolute atomic E-state index is 0.0448. The maximum Gasteiger partial charge on any atom is 0.143 e. The summed E-state index contributed by atoms with van der Waals surface area (Å²) in [6.07, 6.45) is 2.14. The molecule has 0 fully saturated rings. The smallest absolute Gasteiger partial charge is 0.143 e. The Balaban J connectivity index is 1.92. The van der Waals surface area contributed by atoms with Gasteiger partial charge in [-0.1, -0.05) is 6.07 Å². The quantitative estimate of drug-likeness (QED) is 0.870. The number of halogens is 1. The molecule has 0 atom stereocenters. The molecule has 0 amide bonds. The Morgan fingerprint density at radius 1 is 1.25 bits per heavy atom. The second kappa shape index (κ2) is 5.22. The van der Waals surface area contributed by atoms with E-state index in [4.69, 9.17) is 5.26 Å². The number of hydrogen-bond acceptors (Lipinski definition) is 3. The molecule has 4 heteroatoms. The number of rotatable bonds is 2. The summed E-state index contributed by atoms with van der Waals surface area (Å²) in [6, 6.07) is 12.5. The van der Waals surface area contributed by atoms with E-state index in [0.29, 0.717) is 5.69 Å². The number of hydrogen-bond donors (Lipinski definition) is 2. The number of nitrogens with one attached hydrogen (secondary N) is 2. The molecule has 2 N–H and O–H groups in total. The first-order valence-electron chi connectivity index (χ1n) is 6.60. The summed E-state index contributed by atoms with van der Waals surface area (Å²) in [5.74, 6) is -0.503. The predicted molar refractivity (Wildman–Crippen MR) is 77.7 cm³/mol. The van der Waals surface area contributed by atoms with Crippen LogP contribution in [-0.4, -0.2) is 6.54 Å². The van der Waals surface area contributed by atoms with Gasteiger partial charge >= 0.3 is 0 Å². The lowest BCUT2D eigenvalue weighted by atomic mass is 10.0. The molecule has 0 spiro atoms. The zero-order valence-corrected chi connectivity index (χ0v) is 10.9. The van der Waals surface area contributed by atoms with Gasteiger partial charge in [0, 0.05) is 17.9 Å². The van der Waals surface area contributed by atoms with Crippen LogP contribution < -0.4 is 10.6 Å². The van der Waals surface area contributed by atoms with Crippen molar-refractivity contribution in [2.45, 2.75) is 12.8 Å². The van der Waals surface area contributed by atoms with E-state index in [2.05, 4.69) is 10.6 Å². The normalized spacial score (nSPS) is 13.0. The number of benzene rings is 2. The van der Waals surface area contributed by atoms with E-state index in [-0.39, 0.29) is 5.56 Å². The zero-order chi connectivity index (χ0) is 13.9. The predicted octanol–water partition coefficient (Wildman–Crippen LogP) is 3.80. The highest BCUT2D eigenvalue weighted by molar-refractivity contribution is 5.70. The van der Waals surface area contributed by atoms with Crippen LogP contribution >= 0.6 is 0 Å². The highest BCUT2D eigenvalue weighted by atomic mass is 19.1. The van der Waals surface area contributed by atoms with Crippen LogP contribution in [0.3, 0.4) is 0 Å². The Kier molecular flexibility index (Phi) is 3.26. The van der Waals surface area contributed by atoms with Gasteiger partial charge in [0.15, 0.2) is 0 Å². The van der Waals surface area contributed by atoms with Crippen molar-refractivity contribution in [2.75, 3.05) is 17.2 Å². The summed E-state index contributed by atoms with van der Waals surface area (Å²) in [6.45, 7) is 1.00. The molecule has 1 aliphatic rings. The Bertz CT molecular complexity index is 689. The minimum atomic E-state index is -0.503. The first-order valence-corrected chi connectivity index (χ1v) is 6.60. The van der Waals surface area contributed by atoms with Gasteiger partial charge in [0.1, 0.15) is 17.4 Å². The third-order valence-corrected chi connectivity index (χ3v) is 3.45. The molecule has 0 saturated heterocycles. The van der Waals surface area contributed by atoms with Gasteiger partial charge in [-0.05, 0) is 48.7 Å². The molecule has 1 aliphatic heterocycles. The fraction of sp³-hybridized carbons (Fsp3) is 0.188. The molecule has 0 radical (unpaired) electrons. The molecule has 2 aromatic rings. The van der Waals surface area contributed by atoms with E-state index in [0.717, 1.165) is 30.8 Å². The van der Waals surface area contributed by atoms with E-state index in [1.807, 2.05) is 24.3 Å². The van der Waals surface area contributed by atoms with Gasteiger partial charge < -0.3 is 10.6 Å². The lowest BCUT2D eigenvalue weighted by Gasteiger charge is -2.19. The number of aryl methyl sites for hydroxylation is 1. The van der Waals surface area contributed by atoms with E-state index < -0.39 is 5.82 Å². The topological polar surface area (TPSA) is 47.9 Å². The third kappa shape index (κ3) is 2.30. The van der Waals surface area contributed by atoms with Gasteiger partial charge in [-0.2, -0.15) is 5.26 Å². The van der Waals surface area contributed by atoms with Crippen molar-refractivity contribution >= 4 is 17.1 Å². The Morgan fingerprint density at radius 2 is 2.15 bits per heavy atom. The Labute approximate surface area is 117 Å². The number of fused-ring (bicyclic) bond motifs is 1. The summed E-state index contributed by atoms with van der Waals surface area (Å²) >= 11 is 0. The summed E-state index contributed by atoms with van der Waals surface area (Å²) < 4.78 is 13.6. The summed E-state index contributed by atoms with van der Waals surface area (Å²) in [5, 5.41) is 15.5. The first kappa shape index (κ1) is 12.5. The van der Waals surface area contributed by atoms with Crippen molar-refractivity contribution in [2.24, 2.45) is 0 Å². The maximum absolute atomic E-state index is 13.6. The average Bonchev–Trinajstić information content (AvgIpc) is 2.47. The van der Waals surface area contributed by atoms with Crippen LogP contribution in [0.25, 0.3) is 0 Å². The van der Waals surface area contributed by atoms with Crippen LogP contribution in [0.5, 0.6) is 0 Å². The molecular weight excluding hydrogens is 253 g/mol. The Morgan fingerprint density at radius 3 is 3.00 bits per heavy atom. The molecule has 0 aromatic heterocycles. The van der Waals surface area contributed by atoms with E-state index in [1.54, 1.807) is 12.1 Å². The van der Waals surface area contributed by atoms with Gasteiger partial charge in [-0.25, -0.2) is 4.39 Å². The van der Waals surface area contributed by atoms with Crippen molar-refractivity contribution in [3.8, 4) is 6.07 Å². The second-order valence-electron chi connectivity index (χ2n) is 4.80. The third-order valence-electron chi connectivity index (χ3n) is 3.45. The zero-order valence-electron chi connectivity index (χ0n) is 10.9. The standard InChI is InChI=1S/C16H14FN3/c17-14-4-1-5-16(13(14)10-18)20-12-6-7-15-11(9-12)3-2-8-19-15/h1,4-7,9,19-20H,2-3,8H2. The van der Waals surface area contributed by atoms with E-state index >= 15 is 0 Å². The monoisotopic (exact) mass is 267 g/mol. The fourth-order valence-electron chi connectivity index (χ4n) is 2.45. The lowest BCUT2D eigenvalue weighted by Crippen LogP contribution is -2.11. The van der Waals surface area contributed by atoms with Crippen molar-refractivity contribution < 1.29 is 4.39 Å². The van der Waals surface area contributed by atoms with Crippen LogP contribution in [0.2, 0.25) is 0 Å². The van der Waals surface area contributed by atoms with Crippen LogP contribution in [0, 0.1) is 17.1 Å². The highest BCUT2D eigenvalue weighted by Gasteiger charge is 2.11. The van der Waals surface area contributed by atoms with E-state index in [9.17, 15) is 4.39 Å². The van der Waals surface area contributed by atoms with Crippen molar-refractivity contribution in [1.82, 2.24) is 0 Å². The first-order chi connectivity index (χ1) is 9.78. The summed E-state index contributed by atoms with van der Waals surface area (Å²) in [5.41, 5.74) is 3.81. The Hall–Kier alpha value is -2.54. The summed E-state index contributed by atoms with van der Waals surface area (Å²) in [4.78, 5) is 0. The molecule has 0 unspecified atom stereocenters. The molecular formula is C16H14FN3. The van der Waals surface area contributed by atoms with Gasteiger partial charge in [0.25, 0.3) is 0 Å². The minimum Gasteiger partial charge on any atom is -0.385 e.